The minimum absolute atomic E-state index is 0. The Morgan fingerprint density at radius 2 is 1.11 bits per heavy atom. The molecular weight excluding hydrogens is 644 g/mol. The van der Waals surface area contributed by atoms with Crippen molar-refractivity contribution in [1.29, 1.82) is 0 Å². The number of nitrogens with one attached hydrogen (secondary N) is 2. The summed E-state index contributed by atoms with van der Waals surface area (Å²) in [4.78, 5) is 9.87. The topological polar surface area (TPSA) is 175 Å². The molecule has 0 bridgehead atoms. The Bertz CT molecular complexity index is 2180. The molecule has 4 aromatic carbocycles. The van der Waals surface area contributed by atoms with Gasteiger partial charge in [0.25, 0.3) is 0 Å². The Hall–Kier alpha value is -4.58. The van der Waals surface area contributed by atoms with E-state index in [0.717, 1.165) is 28.6 Å². The normalized spacial score (nSPS) is 11.1. The molecule has 6 aromatic rings. The van der Waals surface area contributed by atoms with Crippen molar-refractivity contribution in [2.75, 3.05) is 13.1 Å². The van der Waals surface area contributed by atoms with Crippen molar-refractivity contribution >= 4 is 53.9 Å². The molecule has 0 aliphatic heterocycles. The first kappa shape index (κ1) is 35.9. The third-order valence-electron chi connectivity index (χ3n) is 7.10. The number of nitrogens with zero attached hydrogens (tertiary/aromatic N) is 3. The summed E-state index contributed by atoms with van der Waals surface area (Å²) < 4.78 is 51.1. The number of azide groups is 1. The van der Waals surface area contributed by atoms with Crippen LogP contribution in [-0.2, 0) is 32.5 Å². The highest BCUT2D eigenvalue weighted by atomic mass is 35.5. The molecule has 0 radical (unpaired) electrons. The molecule has 0 atom stereocenters. The minimum atomic E-state index is -3.58. The molecule has 46 heavy (non-hydrogen) atoms. The van der Waals surface area contributed by atoms with E-state index in [-0.39, 0.29) is 29.6 Å². The fourth-order valence-electron chi connectivity index (χ4n) is 4.88. The average molecular weight is 679 g/mol. The Balaban J connectivity index is 0.000000241. The van der Waals surface area contributed by atoms with E-state index in [4.69, 9.17) is 11.3 Å². The van der Waals surface area contributed by atoms with Crippen molar-refractivity contribution in [3.05, 3.63) is 131 Å². The number of H-pyrrole nitrogens is 2. The summed E-state index contributed by atoms with van der Waals surface area (Å²) in [5, 5.41) is 4.87. The van der Waals surface area contributed by atoms with Crippen LogP contribution >= 0.6 is 12.4 Å². The summed E-state index contributed by atoms with van der Waals surface area (Å²) >= 11 is 0. The van der Waals surface area contributed by atoms with Crippen LogP contribution in [0.2, 0.25) is 0 Å². The fraction of sp³-hybridized carbons (Fsp3) is 0.152. The fourth-order valence-corrected chi connectivity index (χ4v) is 7.77. The van der Waals surface area contributed by atoms with E-state index in [0.29, 0.717) is 40.1 Å². The highest BCUT2D eigenvalue weighted by molar-refractivity contribution is 7.92. The van der Waals surface area contributed by atoms with Crippen LogP contribution in [-0.4, -0.2) is 39.9 Å². The van der Waals surface area contributed by atoms with Gasteiger partial charge in [-0.15, -0.1) is 12.4 Å². The molecule has 0 amide bonds. The van der Waals surface area contributed by atoms with Gasteiger partial charge in [-0.05, 0) is 84.6 Å². The molecule has 0 spiro atoms. The molecule has 0 aliphatic rings. The molecule has 0 aliphatic carbocycles. The van der Waals surface area contributed by atoms with Crippen molar-refractivity contribution < 1.29 is 16.8 Å². The molecule has 0 saturated carbocycles. The van der Waals surface area contributed by atoms with Gasteiger partial charge in [0, 0.05) is 45.7 Å². The Kier molecular flexibility index (Phi) is 12.2. The zero-order valence-electron chi connectivity index (χ0n) is 24.0. The van der Waals surface area contributed by atoms with Gasteiger partial charge in [-0.2, -0.15) is 0 Å². The van der Waals surface area contributed by atoms with Crippen molar-refractivity contribution in [1.82, 2.24) is 9.97 Å². The zero-order valence-corrected chi connectivity index (χ0v) is 26.4. The molecule has 0 saturated heterocycles. The van der Waals surface area contributed by atoms with Crippen LogP contribution in [0.1, 0.15) is 18.6 Å². The first-order valence-electron chi connectivity index (χ1n) is 13.8. The van der Waals surface area contributed by atoms with Gasteiger partial charge in [0.15, 0.2) is 0 Å². The number of sulfone groups is 2. The van der Waals surface area contributed by atoms with E-state index in [1.165, 1.54) is 6.20 Å². The molecule has 4 N–H and O–H groups in total. The predicted molar refractivity (Wildman–Crippen MR) is 185 cm³/mol. The zero-order chi connectivity index (χ0) is 31.2. The van der Waals surface area contributed by atoms with E-state index in [9.17, 15) is 16.8 Å². The lowest BCUT2D eigenvalue weighted by Crippen LogP contribution is -2.03. The maximum atomic E-state index is 12.8. The summed E-state index contributed by atoms with van der Waals surface area (Å²) in [6.07, 6.45) is 4.37. The second-order valence-corrected chi connectivity index (χ2v) is 13.8. The first-order chi connectivity index (χ1) is 21.3. The lowest BCUT2D eigenvalue weighted by molar-refractivity contribution is 0.595. The quantitative estimate of drug-likeness (QED) is 0.0818. The standard InChI is InChI=1S/C16H14N4O2S.C16H16N2O2S.CH4.ClH/c17-20-19-9-8-12-6-7-15-14(10-12)16(11-18-15)23(21,22)13-4-2-1-3-5-13;17-9-8-12-6-7-15-14(10-12)16(11-18-15)21(19,20)13-4-2-1-3-5-13;;/h1-7,10-11,18H,8-9H2;1-7,10-11,18H,8-9,17H2;1H4;1H. The van der Waals surface area contributed by atoms with Crippen LogP contribution in [0.5, 0.6) is 0 Å². The lowest BCUT2D eigenvalue weighted by atomic mass is 10.1. The van der Waals surface area contributed by atoms with E-state index < -0.39 is 19.7 Å². The molecule has 10 nitrogen and oxygen atoms in total. The Labute approximate surface area is 274 Å². The van der Waals surface area contributed by atoms with Gasteiger partial charge in [-0.1, -0.05) is 61.1 Å². The minimum Gasteiger partial charge on any atom is -0.360 e. The molecule has 6 rings (SSSR count). The third-order valence-corrected chi connectivity index (χ3v) is 10.7. The second-order valence-electron chi connectivity index (χ2n) is 9.94. The Morgan fingerprint density at radius 3 is 1.52 bits per heavy atom. The number of halogens is 1. The van der Waals surface area contributed by atoms with E-state index in [1.807, 2.05) is 36.4 Å². The maximum absolute atomic E-state index is 12.8. The third kappa shape index (κ3) is 7.61. The van der Waals surface area contributed by atoms with Gasteiger partial charge in [-0.25, -0.2) is 16.8 Å². The summed E-state index contributed by atoms with van der Waals surface area (Å²) in [6, 6.07) is 28.1. The molecule has 13 heteroatoms. The van der Waals surface area contributed by atoms with Crippen molar-refractivity contribution in [3.63, 3.8) is 0 Å². The average Bonchev–Trinajstić information content (AvgIpc) is 3.67. The predicted octanol–water partition coefficient (Wildman–Crippen LogP) is 7.41. The molecule has 0 unspecified atom stereocenters. The van der Waals surface area contributed by atoms with Gasteiger partial charge in [0.05, 0.1) is 19.6 Å². The molecule has 2 heterocycles. The second kappa shape index (κ2) is 15.6. The van der Waals surface area contributed by atoms with Crippen LogP contribution in [0.3, 0.4) is 0 Å². The highest BCUT2D eigenvalue weighted by Gasteiger charge is 2.22. The number of benzene rings is 4. The summed E-state index contributed by atoms with van der Waals surface area (Å²) in [5.41, 5.74) is 17.4. The number of aromatic nitrogens is 2. The summed E-state index contributed by atoms with van der Waals surface area (Å²) in [7, 11) is -7.09. The van der Waals surface area contributed by atoms with Crippen LogP contribution in [0.25, 0.3) is 32.2 Å². The van der Waals surface area contributed by atoms with Gasteiger partial charge in [0.2, 0.25) is 19.7 Å². The first-order valence-corrected chi connectivity index (χ1v) is 16.7. The van der Waals surface area contributed by atoms with Crippen molar-refractivity contribution in [2.24, 2.45) is 10.8 Å². The summed E-state index contributed by atoms with van der Waals surface area (Å²) in [6.45, 7) is 0.879. The highest BCUT2D eigenvalue weighted by Crippen LogP contribution is 2.30. The largest absolute Gasteiger partial charge is 0.360 e. The number of hydrogen-bond acceptors (Lipinski definition) is 6. The molecule has 0 fully saturated rings. The van der Waals surface area contributed by atoms with Crippen LogP contribution in [0.15, 0.2) is 134 Å². The lowest BCUT2D eigenvalue weighted by Gasteiger charge is -2.04. The SMILES string of the molecule is C.Cl.NCCc1ccc2[nH]cc(S(=O)(=O)c3ccccc3)c2c1.[N-]=[N+]=NCCc1ccc2[nH]cc(S(=O)(=O)c3ccccc3)c2c1. The maximum Gasteiger partial charge on any atom is 0.208 e. The number of aromatic amines is 2. The van der Waals surface area contributed by atoms with Gasteiger partial charge < -0.3 is 15.7 Å². The van der Waals surface area contributed by atoms with Crippen molar-refractivity contribution in [2.45, 2.75) is 39.9 Å². The number of fused-ring (bicyclic) bond motifs is 2. The van der Waals surface area contributed by atoms with Gasteiger partial charge >= 0.3 is 0 Å². The molecular formula is C33H35ClN6O4S2. The smallest absolute Gasteiger partial charge is 0.208 e. The van der Waals surface area contributed by atoms with E-state index >= 15 is 0 Å². The van der Waals surface area contributed by atoms with Crippen LogP contribution < -0.4 is 5.73 Å². The van der Waals surface area contributed by atoms with E-state index in [1.54, 1.807) is 66.9 Å². The van der Waals surface area contributed by atoms with E-state index in [2.05, 4.69) is 20.0 Å². The van der Waals surface area contributed by atoms with Crippen molar-refractivity contribution in [3.8, 4) is 0 Å². The number of rotatable bonds is 9. The van der Waals surface area contributed by atoms with Crippen LogP contribution in [0, 0.1) is 0 Å². The molecule has 240 valence electrons. The number of hydrogen-bond donors (Lipinski definition) is 3. The van der Waals surface area contributed by atoms with Gasteiger partial charge in [-0.3, -0.25) is 0 Å². The number of nitrogens with two attached hydrogens (primary N) is 1. The monoisotopic (exact) mass is 678 g/mol. The van der Waals surface area contributed by atoms with Crippen LogP contribution in [0.4, 0.5) is 0 Å². The van der Waals surface area contributed by atoms with Gasteiger partial charge in [0.1, 0.15) is 0 Å². The molecule has 2 aromatic heterocycles. The Morgan fingerprint density at radius 1 is 0.674 bits per heavy atom. The summed E-state index contributed by atoms with van der Waals surface area (Å²) in [5.74, 6) is 0.